The number of aliphatic hydroxyl groups is 1. The SMILES string of the molecule is [B]C1([B])Oc2ccc(C[C@@H](C)O)cc2O1. The molecular weight excluding hydrogens is 190 g/mol. The molecule has 0 bridgehead atoms. The van der Waals surface area contributed by atoms with E-state index in [1.54, 1.807) is 19.1 Å². The largest absolute Gasteiger partial charge is 0.468 e. The number of hydrogen-bond donors (Lipinski definition) is 1. The number of ether oxygens (including phenoxy) is 2. The summed E-state index contributed by atoms with van der Waals surface area (Å²) in [6.07, 6.45) is 0.157. The van der Waals surface area contributed by atoms with Gasteiger partial charge in [0.1, 0.15) is 0 Å². The fraction of sp³-hybridized carbons (Fsp3) is 0.400. The molecule has 1 aromatic carbocycles. The highest BCUT2D eigenvalue weighted by Crippen LogP contribution is 2.37. The van der Waals surface area contributed by atoms with E-state index >= 15 is 0 Å². The molecule has 4 radical (unpaired) electrons. The van der Waals surface area contributed by atoms with E-state index in [2.05, 4.69) is 0 Å². The predicted octanol–water partition coefficient (Wildman–Crippen LogP) is 0.329. The third-order valence-corrected chi connectivity index (χ3v) is 2.08. The fourth-order valence-corrected chi connectivity index (χ4v) is 1.55. The monoisotopic (exact) mass is 200 g/mol. The Labute approximate surface area is 91.2 Å². The Hall–Kier alpha value is -1.09. The topological polar surface area (TPSA) is 38.7 Å². The summed E-state index contributed by atoms with van der Waals surface area (Å²) in [6.45, 7) is 1.72. The quantitative estimate of drug-likeness (QED) is 0.698. The third-order valence-electron chi connectivity index (χ3n) is 2.08. The Kier molecular flexibility index (Phi) is 2.43. The highest BCUT2D eigenvalue weighted by atomic mass is 16.7. The molecule has 15 heavy (non-hydrogen) atoms. The fourth-order valence-electron chi connectivity index (χ4n) is 1.55. The van der Waals surface area contributed by atoms with Gasteiger partial charge >= 0.3 is 0 Å². The van der Waals surface area contributed by atoms with E-state index in [1.807, 2.05) is 6.07 Å². The normalized spacial score (nSPS) is 18.8. The molecule has 0 amide bonds. The van der Waals surface area contributed by atoms with Gasteiger partial charge in [0.15, 0.2) is 32.8 Å². The third kappa shape index (κ3) is 2.29. The van der Waals surface area contributed by atoms with Gasteiger partial charge in [0.05, 0.1) is 6.10 Å². The van der Waals surface area contributed by atoms with Gasteiger partial charge in [0, 0.05) is 0 Å². The van der Waals surface area contributed by atoms with E-state index in [1.165, 1.54) is 0 Å². The van der Waals surface area contributed by atoms with Gasteiger partial charge in [0.25, 0.3) is 0 Å². The lowest BCUT2D eigenvalue weighted by atomic mass is 9.76. The summed E-state index contributed by atoms with van der Waals surface area (Å²) >= 11 is 0. The molecule has 1 aliphatic rings. The predicted molar refractivity (Wildman–Crippen MR) is 57.3 cm³/mol. The van der Waals surface area contributed by atoms with E-state index in [0.29, 0.717) is 17.9 Å². The standard InChI is InChI=1S/C10H10B2O3/c1-6(13)4-7-2-3-8-9(5-7)15-10(11,12)14-8/h2-3,5-6,13H,4H2,1H3/t6-/m1/s1. The highest BCUT2D eigenvalue weighted by Gasteiger charge is 2.30. The summed E-state index contributed by atoms with van der Waals surface area (Å²) in [7, 11) is 10.9. The smallest absolute Gasteiger partial charge is 0.175 e. The summed E-state index contributed by atoms with van der Waals surface area (Å²) in [6, 6.07) is 5.34. The van der Waals surface area contributed by atoms with E-state index in [-0.39, 0.29) is 0 Å². The van der Waals surface area contributed by atoms with Crippen molar-refractivity contribution < 1.29 is 14.6 Å². The van der Waals surface area contributed by atoms with Crippen LogP contribution in [-0.4, -0.2) is 32.5 Å². The first kappa shape index (κ1) is 10.4. The molecule has 2 rings (SSSR count). The van der Waals surface area contributed by atoms with Crippen LogP contribution in [-0.2, 0) is 6.42 Å². The number of benzene rings is 1. The molecule has 1 aliphatic heterocycles. The van der Waals surface area contributed by atoms with Crippen molar-refractivity contribution in [3.05, 3.63) is 23.8 Å². The van der Waals surface area contributed by atoms with Gasteiger partial charge in [-0.05, 0) is 31.0 Å². The molecule has 0 saturated heterocycles. The zero-order valence-corrected chi connectivity index (χ0v) is 8.43. The van der Waals surface area contributed by atoms with Crippen LogP contribution in [0.4, 0.5) is 0 Å². The molecule has 0 spiro atoms. The van der Waals surface area contributed by atoms with Crippen LogP contribution in [0.25, 0.3) is 0 Å². The van der Waals surface area contributed by atoms with Crippen molar-refractivity contribution in [3.63, 3.8) is 0 Å². The zero-order valence-electron chi connectivity index (χ0n) is 8.43. The van der Waals surface area contributed by atoms with Crippen LogP contribution < -0.4 is 9.47 Å². The van der Waals surface area contributed by atoms with Gasteiger partial charge in [0.2, 0.25) is 0 Å². The molecule has 1 aromatic rings. The van der Waals surface area contributed by atoms with Crippen molar-refractivity contribution in [2.24, 2.45) is 0 Å². The van der Waals surface area contributed by atoms with Crippen molar-refractivity contribution in [2.75, 3.05) is 0 Å². The van der Waals surface area contributed by atoms with Crippen LogP contribution >= 0.6 is 0 Å². The molecule has 0 unspecified atom stereocenters. The summed E-state index contributed by atoms with van der Waals surface area (Å²) < 4.78 is 10.3. The molecule has 5 heteroatoms. The Morgan fingerprint density at radius 3 is 2.67 bits per heavy atom. The van der Waals surface area contributed by atoms with Crippen molar-refractivity contribution in [1.82, 2.24) is 0 Å². The highest BCUT2D eigenvalue weighted by molar-refractivity contribution is 6.38. The first-order valence-electron chi connectivity index (χ1n) is 4.73. The van der Waals surface area contributed by atoms with E-state index in [9.17, 15) is 5.11 Å². The minimum atomic E-state index is -1.58. The first-order valence-corrected chi connectivity index (χ1v) is 4.73. The Morgan fingerprint density at radius 2 is 2.00 bits per heavy atom. The summed E-state index contributed by atoms with van der Waals surface area (Å²) in [5.74, 6) is 1.03. The van der Waals surface area contributed by atoms with Gasteiger partial charge in [-0.25, -0.2) is 0 Å². The molecule has 1 atom stereocenters. The van der Waals surface area contributed by atoms with Gasteiger partial charge in [-0.15, -0.1) is 0 Å². The second-order valence-electron chi connectivity index (χ2n) is 3.76. The average molecular weight is 200 g/mol. The minimum absolute atomic E-state index is 0.397. The van der Waals surface area contributed by atoms with Crippen LogP contribution in [0.3, 0.4) is 0 Å². The molecular formula is C10H10B2O3. The summed E-state index contributed by atoms with van der Waals surface area (Å²) in [5.41, 5.74) is -0.628. The average Bonchev–Trinajstić information content (AvgIpc) is 2.36. The molecule has 1 heterocycles. The Bertz CT molecular complexity index is 377. The summed E-state index contributed by atoms with van der Waals surface area (Å²) in [4.78, 5) is 0. The maximum atomic E-state index is 9.24. The Balaban J connectivity index is 2.23. The molecule has 3 nitrogen and oxygen atoms in total. The first-order chi connectivity index (χ1) is 6.96. The van der Waals surface area contributed by atoms with Gasteiger partial charge in [-0.2, -0.15) is 0 Å². The van der Waals surface area contributed by atoms with Crippen molar-refractivity contribution in [2.45, 2.75) is 25.0 Å². The van der Waals surface area contributed by atoms with Crippen LogP contribution in [0.2, 0.25) is 0 Å². The molecule has 0 aliphatic carbocycles. The number of aliphatic hydroxyl groups excluding tert-OH is 1. The van der Waals surface area contributed by atoms with Gasteiger partial charge in [-0.3, -0.25) is 0 Å². The van der Waals surface area contributed by atoms with Gasteiger partial charge in [-0.1, -0.05) is 6.07 Å². The second kappa shape index (κ2) is 3.49. The lowest BCUT2D eigenvalue weighted by Crippen LogP contribution is -2.39. The second-order valence-corrected chi connectivity index (χ2v) is 3.76. The molecule has 74 valence electrons. The molecule has 0 fully saturated rings. The Morgan fingerprint density at radius 1 is 1.33 bits per heavy atom. The maximum Gasteiger partial charge on any atom is 0.175 e. The zero-order chi connectivity index (χ0) is 11.1. The summed E-state index contributed by atoms with van der Waals surface area (Å²) in [5, 5.41) is 9.24. The van der Waals surface area contributed by atoms with E-state index in [4.69, 9.17) is 25.2 Å². The lowest BCUT2D eigenvalue weighted by Gasteiger charge is -2.18. The van der Waals surface area contributed by atoms with Gasteiger partial charge < -0.3 is 14.6 Å². The van der Waals surface area contributed by atoms with Crippen LogP contribution in [0.1, 0.15) is 12.5 Å². The van der Waals surface area contributed by atoms with Crippen LogP contribution in [0.15, 0.2) is 18.2 Å². The number of fused-ring (bicyclic) bond motifs is 1. The molecule has 1 N–H and O–H groups in total. The van der Waals surface area contributed by atoms with E-state index in [0.717, 1.165) is 5.56 Å². The van der Waals surface area contributed by atoms with Crippen molar-refractivity contribution in [1.29, 1.82) is 0 Å². The van der Waals surface area contributed by atoms with E-state index < -0.39 is 11.7 Å². The van der Waals surface area contributed by atoms with Crippen molar-refractivity contribution in [3.8, 4) is 11.5 Å². The number of hydrogen-bond acceptors (Lipinski definition) is 3. The van der Waals surface area contributed by atoms with Crippen LogP contribution in [0.5, 0.6) is 11.5 Å². The maximum absolute atomic E-state index is 9.24. The molecule has 0 aromatic heterocycles. The van der Waals surface area contributed by atoms with Crippen LogP contribution in [0, 0.1) is 0 Å². The lowest BCUT2D eigenvalue weighted by molar-refractivity contribution is 0.0833. The van der Waals surface area contributed by atoms with Crippen molar-refractivity contribution >= 4 is 15.7 Å². The number of rotatable bonds is 2. The minimum Gasteiger partial charge on any atom is -0.468 e. The molecule has 0 saturated carbocycles.